The Hall–Kier alpha value is -0.170. The van der Waals surface area contributed by atoms with Crippen molar-refractivity contribution in [3.05, 3.63) is 0 Å². The van der Waals surface area contributed by atoms with Crippen LogP contribution in [-0.4, -0.2) is 56.3 Å². The molecule has 2 heterocycles. The maximum Gasteiger partial charge on any atom is 0.282 e. The van der Waals surface area contributed by atoms with Crippen LogP contribution in [0.15, 0.2) is 0 Å². The van der Waals surface area contributed by atoms with Crippen molar-refractivity contribution in [2.24, 2.45) is 5.41 Å². The summed E-state index contributed by atoms with van der Waals surface area (Å²) in [5.41, 5.74) is 0.466. The van der Waals surface area contributed by atoms with Crippen molar-refractivity contribution in [1.29, 1.82) is 0 Å². The average Bonchev–Trinajstić information content (AvgIpc) is 2.49. The van der Waals surface area contributed by atoms with E-state index in [2.05, 4.69) is 5.32 Å². The smallest absolute Gasteiger partial charge is 0.282 e. The third kappa shape index (κ3) is 2.89. The molecule has 1 saturated carbocycles. The van der Waals surface area contributed by atoms with Crippen molar-refractivity contribution in [2.75, 3.05) is 39.3 Å². The number of rotatable bonds is 2. The molecule has 6 heteroatoms. The molecule has 20 heavy (non-hydrogen) atoms. The first-order valence-corrected chi connectivity index (χ1v) is 9.48. The molecule has 2 aliphatic heterocycles. The van der Waals surface area contributed by atoms with Gasteiger partial charge in [-0.05, 0) is 31.1 Å². The summed E-state index contributed by atoms with van der Waals surface area (Å²) in [6, 6.07) is 0. The van der Waals surface area contributed by atoms with Crippen LogP contribution in [0.2, 0.25) is 0 Å². The Morgan fingerprint density at radius 2 is 1.30 bits per heavy atom. The first-order valence-electron chi connectivity index (χ1n) is 8.08. The van der Waals surface area contributed by atoms with E-state index in [1.54, 1.807) is 8.61 Å². The lowest BCUT2D eigenvalue weighted by atomic mass is 9.68. The third-order valence-electron chi connectivity index (χ3n) is 5.43. The molecule has 3 rings (SSSR count). The van der Waals surface area contributed by atoms with E-state index in [9.17, 15) is 8.42 Å². The molecule has 3 aliphatic rings. The SMILES string of the molecule is O=S(=O)(N1CCNCC1)N1CCC2(CCCCC2)CC1. The van der Waals surface area contributed by atoms with Gasteiger partial charge in [-0.25, -0.2) is 0 Å². The maximum atomic E-state index is 12.6. The molecule has 0 atom stereocenters. The summed E-state index contributed by atoms with van der Waals surface area (Å²) >= 11 is 0. The number of nitrogens with zero attached hydrogens (tertiary/aromatic N) is 2. The second kappa shape index (κ2) is 5.91. The Morgan fingerprint density at radius 1 is 0.750 bits per heavy atom. The Morgan fingerprint density at radius 3 is 1.90 bits per heavy atom. The molecule has 1 N–H and O–H groups in total. The highest BCUT2D eigenvalue weighted by Gasteiger charge is 2.40. The Balaban J connectivity index is 1.62. The molecule has 0 aromatic carbocycles. The van der Waals surface area contributed by atoms with Gasteiger partial charge in [0.2, 0.25) is 0 Å². The minimum atomic E-state index is -3.21. The number of hydrogen-bond donors (Lipinski definition) is 1. The average molecular weight is 301 g/mol. The number of nitrogens with one attached hydrogen (secondary N) is 1. The van der Waals surface area contributed by atoms with Crippen LogP contribution in [0.3, 0.4) is 0 Å². The predicted molar refractivity (Wildman–Crippen MR) is 79.7 cm³/mol. The molecule has 1 spiro atoms. The van der Waals surface area contributed by atoms with E-state index in [0.29, 0.717) is 18.5 Å². The van der Waals surface area contributed by atoms with Crippen molar-refractivity contribution >= 4 is 10.2 Å². The van der Waals surface area contributed by atoms with Crippen LogP contribution in [0.5, 0.6) is 0 Å². The fourth-order valence-electron chi connectivity index (χ4n) is 4.03. The highest BCUT2D eigenvalue weighted by atomic mass is 32.2. The van der Waals surface area contributed by atoms with E-state index in [-0.39, 0.29) is 0 Å². The van der Waals surface area contributed by atoms with E-state index < -0.39 is 10.2 Å². The van der Waals surface area contributed by atoms with Gasteiger partial charge in [0.1, 0.15) is 0 Å². The molecule has 0 aromatic heterocycles. The second-order valence-corrected chi connectivity index (χ2v) is 8.54. The van der Waals surface area contributed by atoms with Gasteiger partial charge in [0, 0.05) is 39.3 Å². The summed E-state index contributed by atoms with van der Waals surface area (Å²) < 4.78 is 28.7. The molecule has 1 aliphatic carbocycles. The van der Waals surface area contributed by atoms with Crippen LogP contribution in [0.1, 0.15) is 44.9 Å². The van der Waals surface area contributed by atoms with Crippen LogP contribution in [0.25, 0.3) is 0 Å². The first kappa shape index (κ1) is 14.8. The molecular formula is C14H27N3O2S. The predicted octanol–water partition coefficient (Wildman–Crippen LogP) is 1.18. The summed E-state index contributed by atoms with van der Waals surface area (Å²) in [4.78, 5) is 0. The lowest BCUT2D eigenvalue weighted by Crippen LogP contribution is -2.54. The van der Waals surface area contributed by atoms with Crippen LogP contribution < -0.4 is 5.32 Å². The molecule has 0 bridgehead atoms. The maximum absolute atomic E-state index is 12.6. The lowest BCUT2D eigenvalue weighted by Gasteiger charge is -2.44. The van der Waals surface area contributed by atoms with Crippen LogP contribution in [-0.2, 0) is 10.2 Å². The van der Waals surface area contributed by atoms with Gasteiger partial charge in [-0.1, -0.05) is 19.3 Å². The minimum absolute atomic E-state index is 0.466. The molecule has 0 amide bonds. The van der Waals surface area contributed by atoms with Crippen molar-refractivity contribution in [2.45, 2.75) is 44.9 Å². The number of hydrogen-bond acceptors (Lipinski definition) is 3. The highest BCUT2D eigenvalue weighted by Crippen LogP contribution is 2.44. The van der Waals surface area contributed by atoms with Gasteiger partial charge in [-0.3, -0.25) is 0 Å². The molecule has 2 saturated heterocycles. The number of piperidine rings is 1. The largest absolute Gasteiger partial charge is 0.314 e. The Labute approximate surface area is 122 Å². The molecule has 0 aromatic rings. The quantitative estimate of drug-likeness (QED) is 0.833. The van der Waals surface area contributed by atoms with E-state index in [1.165, 1.54) is 32.1 Å². The molecule has 3 fully saturated rings. The highest BCUT2D eigenvalue weighted by molar-refractivity contribution is 7.86. The normalized spacial score (nSPS) is 29.6. The first-order chi connectivity index (χ1) is 9.62. The Bertz CT molecular complexity index is 416. The molecule has 116 valence electrons. The molecule has 5 nitrogen and oxygen atoms in total. The number of piperazine rings is 1. The van der Waals surface area contributed by atoms with Gasteiger partial charge in [0.05, 0.1) is 0 Å². The fraction of sp³-hybridized carbons (Fsp3) is 1.00. The fourth-order valence-corrected chi connectivity index (χ4v) is 5.65. The Kier molecular flexibility index (Phi) is 4.36. The van der Waals surface area contributed by atoms with Crippen molar-refractivity contribution in [1.82, 2.24) is 13.9 Å². The van der Waals surface area contributed by atoms with Gasteiger partial charge < -0.3 is 5.32 Å². The van der Waals surface area contributed by atoms with Gasteiger partial charge in [-0.15, -0.1) is 0 Å². The van der Waals surface area contributed by atoms with E-state index >= 15 is 0 Å². The van der Waals surface area contributed by atoms with Crippen molar-refractivity contribution < 1.29 is 8.42 Å². The summed E-state index contributed by atoms with van der Waals surface area (Å²) in [5.74, 6) is 0. The van der Waals surface area contributed by atoms with Crippen molar-refractivity contribution in [3.8, 4) is 0 Å². The summed E-state index contributed by atoms with van der Waals surface area (Å²) in [7, 11) is -3.21. The summed E-state index contributed by atoms with van der Waals surface area (Å²) in [6.45, 7) is 4.24. The van der Waals surface area contributed by atoms with Crippen molar-refractivity contribution in [3.63, 3.8) is 0 Å². The second-order valence-electron chi connectivity index (χ2n) is 6.62. The van der Waals surface area contributed by atoms with Gasteiger partial charge in [-0.2, -0.15) is 17.0 Å². The van der Waals surface area contributed by atoms with Crippen LogP contribution in [0, 0.1) is 5.41 Å². The monoisotopic (exact) mass is 301 g/mol. The topological polar surface area (TPSA) is 52.7 Å². The third-order valence-corrected chi connectivity index (χ3v) is 7.46. The zero-order chi connectivity index (χ0) is 14.1. The van der Waals surface area contributed by atoms with Gasteiger partial charge >= 0.3 is 0 Å². The van der Waals surface area contributed by atoms with Crippen LogP contribution >= 0.6 is 0 Å². The molecule has 0 radical (unpaired) electrons. The zero-order valence-corrected chi connectivity index (χ0v) is 13.1. The van der Waals surface area contributed by atoms with E-state index in [1.807, 2.05) is 0 Å². The summed E-state index contributed by atoms with van der Waals surface area (Å²) in [6.07, 6.45) is 8.80. The molecular weight excluding hydrogens is 274 g/mol. The minimum Gasteiger partial charge on any atom is -0.314 e. The van der Waals surface area contributed by atoms with Gasteiger partial charge in [0.25, 0.3) is 10.2 Å². The van der Waals surface area contributed by atoms with Crippen LogP contribution in [0.4, 0.5) is 0 Å². The van der Waals surface area contributed by atoms with E-state index in [0.717, 1.165) is 39.0 Å². The standard InChI is InChI=1S/C14H27N3O2S/c18-20(19,17-12-8-15-9-13-17)16-10-6-14(7-11-16)4-2-1-3-5-14/h15H,1-13H2. The zero-order valence-electron chi connectivity index (χ0n) is 12.3. The molecule has 0 unspecified atom stereocenters. The van der Waals surface area contributed by atoms with E-state index in [4.69, 9.17) is 0 Å². The lowest BCUT2D eigenvalue weighted by molar-refractivity contribution is 0.0990. The summed E-state index contributed by atoms with van der Waals surface area (Å²) in [5, 5.41) is 3.21. The van der Waals surface area contributed by atoms with Gasteiger partial charge in [0.15, 0.2) is 0 Å².